The third kappa shape index (κ3) is 4.22. The van der Waals surface area contributed by atoms with E-state index in [1.54, 1.807) is 0 Å². The van der Waals surface area contributed by atoms with Gasteiger partial charge in [0.15, 0.2) is 6.10 Å². The number of anilines is 1. The molecule has 0 saturated carbocycles. The number of morpholine rings is 1. The number of nitrogens with one attached hydrogen (secondary N) is 1. The van der Waals surface area contributed by atoms with Crippen molar-refractivity contribution in [2.24, 2.45) is 0 Å². The van der Waals surface area contributed by atoms with E-state index in [2.05, 4.69) is 34.5 Å². The highest BCUT2D eigenvalue weighted by Gasteiger charge is 2.24. The van der Waals surface area contributed by atoms with E-state index in [0.717, 1.165) is 31.9 Å². The zero-order valence-corrected chi connectivity index (χ0v) is 13.5. The molecule has 6 nitrogen and oxygen atoms in total. The number of hydrogen-bond acceptors (Lipinski definition) is 5. The SMILES string of the molecule is C[C@H](NC(=O)[C@H]1COCCO1)c1ccc(N2CCOCC2)cc1. The second-order valence-corrected chi connectivity index (χ2v) is 5.86. The molecule has 23 heavy (non-hydrogen) atoms. The molecular formula is C17H24N2O4. The summed E-state index contributed by atoms with van der Waals surface area (Å²) < 4.78 is 16.1. The van der Waals surface area contributed by atoms with Gasteiger partial charge in [0, 0.05) is 18.8 Å². The van der Waals surface area contributed by atoms with Crippen molar-refractivity contribution in [2.75, 3.05) is 51.0 Å². The number of carbonyl (C=O) groups excluding carboxylic acids is 1. The van der Waals surface area contributed by atoms with Gasteiger partial charge in [0.25, 0.3) is 5.91 Å². The smallest absolute Gasteiger partial charge is 0.252 e. The normalized spacial score (nSPS) is 23.3. The number of carbonyl (C=O) groups is 1. The largest absolute Gasteiger partial charge is 0.378 e. The molecule has 2 aliphatic heterocycles. The van der Waals surface area contributed by atoms with Crippen molar-refractivity contribution in [3.05, 3.63) is 29.8 Å². The first-order valence-electron chi connectivity index (χ1n) is 8.16. The summed E-state index contributed by atoms with van der Waals surface area (Å²) in [5.74, 6) is -0.116. The van der Waals surface area contributed by atoms with Crippen LogP contribution in [0, 0.1) is 0 Å². The zero-order chi connectivity index (χ0) is 16.1. The Morgan fingerprint density at radius 1 is 1.13 bits per heavy atom. The molecule has 0 spiro atoms. The van der Waals surface area contributed by atoms with Gasteiger partial charge in [-0.1, -0.05) is 12.1 Å². The molecule has 1 aromatic carbocycles. The minimum absolute atomic E-state index is 0.0632. The molecule has 1 aromatic rings. The van der Waals surface area contributed by atoms with Crippen LogP contribution in [-0.4, -0.2) is 58.1 Å². The highest BCUT2D eigenvalue weighted by molar-refractivity contribution is 5.81. The first-order valence-corrected chi connectivity index (χ1v) is 8.16. The lowest BCUT2D eigenvalue weighted by Crippen LogP contribution is -2.43. The summed E-state index contributed by atoms with van der Waals surface area (Å²) in [6.07, 6.45) is -0.501. The third-order valence-corrected chi connectivity index (χ3v) is 4.24. The number of benzene rings is 1. The molecule has 0 unspecified atom stereocenters. The maximum atomic E-state index is 12.2. The monoisotopic (exact) mass is 320 g/mol. The summed E-state index contributed by atoms with van der Waals surface area (Å²) in [6.45, 7) is 6.73. The lowest BCUT2D eigenvalue weighted by atomic mass is 10.1. The predicted molar refractivity (Wildman–Crippen MR) is 86.6 cm³/mol. The van der Waals surface area contributed by atoms with Crippen LogP contribution in [0.15, 0.2) is 24.3 Å². The second-order valence-electron chi connectivity index (χ2n) is 5.86. The van der Waals surface area contributed by atoms with Crippen LogP contribution in [0.2, 0.25) is 0 Å². The molecular weight excluding hydrogens is 296 g/mol. The Kier molecular flexibility index (Phi) is 5.48. The summed E-state index contributed by atoms with van der Waals surface area (Å²) in [4.78, 5) is 14.5. The summed E-state index contributed by atoms with van der Waals surface area (Å²) in [5.41, 5.74) is 2.27. The van der Waals surface area contributed by atoms with Gasteiger partial charge in [0.1, 0.15) is 0 Å². The van der Waals surface area contributed by atoms with Gasteiger partial charge >= 0.3 is 0 Å². The predicted octanol–water partition coefficient (Wildman–Crippen LogP) is 1.12. The van der Waals surface area contributed by atoms with E-state index in [0.29, 0.717) is 19.8 Å². The molecule has 0 aliphatic carbocycles. The van der Waals surface area contributed by atoms with Crippen LogP contribution in [0.25, 0.3) is 0 Å². The van der Waals surface area contributed by atoms with Crippen LogP contribution in [0.4, 0.5) is 5.69 Å². The fourth-order valence-electron chi connectivity index (χ4n) is 2.82. The van der Waals surface area contributed by atoms with Crippen molar-refractivity contribution in [2.45, 2.75) is 19.1 Å². The van der Waals surface area contributed by atoms with Crippen LogP contribution in [0.3, 0.4) is 0 Å². The Balaban J connectivity index is 1.56. The van der Waals surface area contributed by atoms with Gasteiger partial charge in [-0.05, 0) is 24.6 Å². The lowest BCUT2D eigenvalue weighted by molar-refractivity contribution is -0.148. The Hall–Kier alpha value is -1.63. The molecule has 2 atom stereocenters. The van der Waals surface area contributed by atoms with Gasteiger partial charge in [-0.2, -0.15) is 0 Å². The van der Waals surface area contributed by atoms with Gasteiger partial charge in [-0.3, -0.25) is 4.79 Å². The summed E-state index contributed by atoms with van der Waals surface area (Å²) in [7, 11) is 0. The third-order valence-electron chi connectivity index (χ3n) is 4.24. The van der Waals surface area contributed by atoms with Crippen LogP contribution >= 0.6 is 0 Å². The quantitative estimate of drug-likeness (QED) is 0.901. The van der Waals surface area contributed by atoms with Crippen molar-refractivity contribution in [1.29, 1.82) is 0 Å². The standard InChI is InChI=1S/C17H24N2O4/c1-13(18-17(20)16-12-22-10-11-23-16)14-2-4-15(5-3-14)19-6-8-21-9-7-19/h2-5,13,16H,6-12H2,1H3,(H,18,20)/t13-,16+/m0/s1. The highest BCUT2D eigenvalue weighted by Crippen LogP contribution is 2.20. The van der Waals surface area contributed by atoms with Crippen molar-refractivity contribution >= 4 is 11.6 Å². The first-order chi connectivity index (χ1) is 11.2. The molecule has 6 heteroatoms. The molecule has 1 N–H and O–H groups in total. The molecule has 126 valence electrons. The minimum Gasteiger partial charge on any atom is -0.378 e. The average Bonchev–Trinajstić information content (AvgIpc) is 2.63. The van der Waals surface area contributed by atoms with Crippen LogP contribution in [-0.2, 0) is 19.0 Å². The Bertz CT molecular complexity index is 508. The zero-order valence-electron chi connectivity index (χ0n) is 13.5. The van der Waals surface area contributed by atoms with Crippen LogP contribution < -0.4 is 10.2 Å². The number of hydrogen-bond donors (Lipinski definition) is 1. The molecule has 0 aromatic heterocycles. The molecule has 2 aliphatic rings. The average molecular weight is 320 g/mol. The molecule has 2 saturated heterocycles. The summed E-state index contributed by atoms with van der Waals surface area (Å²) in [6, 6.07) is 8.27. The Labute approximate surface area is 136 Å². The summed E-state index contributed by atoms with van der Waals surface area (Å²) >= 11 is 0. The maximum Gasteiger partial charge on any atom is 0.252 e. The van der Waals surface area contributed by atoms with E-state index in [1.165, 1.54) is 5.69 Å². The second kappa shape index (κ2) is 7.77. The van der Waals surface area contributed by atoms with Gasteiger partial charge in [0.05, 0.1) is 39.1 Å². The highest BCUT2D eigenvalue weighted by atomic mass is 16.6. The molecule has 0 radical (unpaired) electrons. The van der Waals surface area contributed by atoms with E-state index < -0.39 is 6.10 Å². The van der Waals surface area contributed by atoms with Crippen LogP contribution in [0.5, 0.6) is 0 Å². The van der Waals surface area contributed by atoms with Gasteiger partial charge in [0.2, 0.25) is 0 Å². The van der Waals surface area contributed by atoms with Gasteiger partial charge in [-0.25, -0.2) is 0 Å². The molecule has 3 rings (SSSR count). The lowest BCUT2D eigenvalue weighted by Gasteiger charge is -2.29. The molecule has 1 amide bonds. The van der Waals surface area contributed by atoms with E-state index in [4.69, 9.17) is 14.2 Å². The minimum atomic E-state index is -0.501. The number of ether oxygens (including phenoxy) is 3. The number of nitrogens with zero attached hydrogens (tertiary/aromatic N) is 1. The van der Waals surface area contributed by atoms with Crippen molar-refractivity contribution in [3.63, 3.8) is 0 Å². The van der Waals surface area contributed by atoms with E-state index in [-0.39, 0.29) is 11.9 Å². The number of rotatable bonds is 4. The number of amides is 1. The Morgan fingerprint density at radius 2 is 1.87 bits per heavy atom. The first kappa shape index (κ1) is 16.2. The molecule has 0 bridgehead atoms. The topological polar surface area (TPSA) is 60.0 Å². The van der Waals surface area contributed by atoms with E-state index in [1.807, 2.05) is 6.92 Å². The summed E-state index contributed by atoms with van der Waals surface area (Å²) in [5, 5.41) is 2.99. The fourth-order valence-corrected chi connectivity index (χ4v) is 2.82. The van der Waals surface area contributed by atoms with E-state index >= 15 is 0 Å². The maximum absolute atomic E-state index is 12.2. The fraction of sp³-hybridized carbons (Fsp3) is 0.588. The molecule has 2 fully saturated rings. The Morgan fingerprint density at radius 3 is 2.52 bits per heavy atom. The van der Waals surface area contributed by atoms with Crippen molar-refractivity contribution in [3.8, 4) is 0 Å². The van der Waals surface area contributed by atoms with Crippen molar-refractivity contribution in [1.82, 2.24) is 5.32 Å². The van der Waals surface area contributed by atoms with Crippen LogP contribution in [0.1, 0.15) is 18.5 Å². The van der Waals surface area contributed by atoms with Gasteiger partial charge in [-0.15, -0.1) is 0 Å². The van der Waals surface area contributed by atoms with Gasteiger partial charge < -0.3 is 24.4 Å². The van der Waals surface area contributed by atoms with Crippen molar-refractivity contribution < 1.29 is 19.0 Å². The van der Waals surface area contributed by atoms with E-state index in [9.17, 15) is 4.79 Å². The molecule has 2 heterocycles.